The van der Waals surface area contributed by atoms with Gasteiger partial charge in [0.25, 0.3) is 0 Å². The molecule has 1 amide bonds. The second kappa shape index (κ2) is 12.2. The number of nitrogens with zero attached hydrogens (tertiary/aromatic N) is 4. The number of hydrogen-bond donors (Lipinski definition) is 2. The van der Waals surface area contributed by atoms with Crippen molar-refractivity contribution in [3.63, 3.8) is 0 Å². The van der Waals surface area contributed by atoms with Crippen molar-refractivity contribution in [2.45, 2.75) is 61.2 Å². The summed E-state index contributed by atoms with van der Waals surface area (Å²) in [5.41, 5.74) is 0. The van der Waals surface area contributed by atoms with Gasteiger partial charge in [0.15, 0.2) is 5.78 Å². The lowest BCUT2D eigenvalue weighted by Crippen LogP contribution is -2.44. The maximum absolute atomic E-state index is 12.8. The van der Waals surface area contributed by atoms with Gasteiger partial charge in [0, 0.05) is 0 Å². The van der Waals surface area contributed by atoms with Crippen LogP contribution >= 0.6 is 35.0 Å². The van der Waals surface area contributed by atoms with E-state index in [2.05, 4.69) is 20.8 Å². The third kappa shape index (κ3) is 7.58. The Bertz CT molecular complexity index is 979. The number of aliphatic carboxylic acids is 1. The average Bonchev–Trinajstić information content (AvgIpc) is 3.21. The van der Waals surface area contributed by atoms with Crippen LogP contribution in [0.3, 0.4) is 0 Å². The molecule has 1 fully saturated rings. The zero-order valence-electron chi connectivity index (χ0n) is 17.6. The number of ketones is 1. The van der Waals surface area contributed by atoms with E-state index >= 15 is 0 Å². The third-order valence-corrected chi connectivity index (χ3v) is 7.12. The first-order valence-corrected chi connectivity index (χ1v) is 12.0. The summed E-state index contributed by atoms with van der Waals surface area (Å²) < 4.78 is 6.42. The van der Waals surface area contributed by atoms with Crippen molar-refractivity contribution in [2.75, 3.05) is 6.61 Å². The van der Waals surface area contributed by atoms with Gasteiger partial charge in [-0.3, -0.25) is 9.59 Å². The molecule has 1 aromatic heterocycles. The van der Waals surface area contributed by atoms with E-state index in [9.17, 15) is 19.5 Å². The molecule has 0 saturated heterocycles. The largest absolute Gasteiger partial charge is 0.481 e. The number of nitrogens with one attached hydrogen (secondary N) is 1. The summed E-state index contributed by atoms with van der Waals surface area (Å²) in [7, 11) is 0. The molecule has 33 heavy (non-hydrogen) atoms. The number of carboxylic acids is 1. The molecule has 1 aliphatic carbocycles. The molecule has 2 aromatic rings. The van der Waals surface area contributed by atoms with Crippen LogP contribution in [-0.4, -0.2) is 55.8 Å². The number of rotatable bonds is 10. The Labute approximate surface area is 204 Å². The highest BCUT2D eigenvalue weighted by molar-refractivity contribution is 7.99. The van der Waals surface area contributed by atoms with Gasteiger partial charge in [-0.25, -0.2) is 9.48 Å². The molecular formula is C20H23Cl2N5O5S. The van der Waals surface area contributed by atoms with Crippen molar-refractivity contribution in [3.8, 4) is 0 Å². The molecule has 2 N–H and O–H groups in total. The number of benzene rings is 1. The van der Waals surface area contributed by atoms with Gasteiger partial charge in [0.1, 0.15) is 12.6 Å². The van der Waals surface area contributed by atoms with Crippen molar-refractivity contribution >= 4 is 52.8 Å². The first-order valence-electron chi connectivity index (χ1n) is 10.4. The zero-order valence-corrected chi connectivity index (χ0v) is 19.9. The van der Waals surface area contributed by atoms with Gasteiger partial charge in [-0.2, -0.15) is 0 Å². The number of tetrazole rings is 1. The molecule has 3 rings (SSSR count). The fourth-order valence-electron chi connectivity index (χ4n) is 3.45. The molecule has 178 valence electrons. The van der Waals surface area contributed by atoms with Crippen LogP contribution in [-0.2, 0) is 20.9 Å². The fraction of sp³-hybridized carbons (Fsp3) is 0.500. The van der Waals surface area contributed by atoms with E-state index in [1.54, 1.807) is 18.2 Å². The first-order chi connectivity index (χ1) is 15.8. The first kappa shape index (κ1) is 25.3. The molecule has 1 atom stereocenters. The van der Waals surface area contributed by atoms with Gasteiger partial charge in [-0.1, -0.05) is 48.5 Å². The van der Waals surface area contributed by atoms with Gasteiger partial charge >= 0.3 is 12.1 Å². The van der Waals surface area contributed by atoms with E-state index in [-0.39, 0.29) is 24.2 Å². The number of ether oxygens (including phenoxy) is 1. The van der Waals surface area contributed by atoms with Crippen molar-refractivity contribution in [3.05, 3.63) is 28.2 Å². The second-order valence-corrected chi connectivity index (χ2v) is 9.43. The molecule has 0 spiro atoms. The minimum Gasteiger partial charge on any atom is -0.481 e. The third-order valence-electron chi connectivity index (χ3n) is 5.15. The van der Waals surface area contributed by atoms with Crippen molar-refractivity contribution < 1.29 is 24.2 Å². The molecule has 1 aromatic carbocycles. The molecule has 0 radical (unpaired) electrons. The summed E-state index contributed by atoms with van der Waals surface area (Å²) in [4.78, 5) is 36.8. The van der Waals surface area contributed by atoms with Crippen LogP contribution in [0.2, 0.25) is 10.0 Å². The number of aromatic nitrogens is 4. The van der Waals surface area contributed by atoms with Crippen LogP contribution in [0.15, 0.2) is 28.3 Å². The van der Waals surface area contributed by atoms with E-state index in [0.29, 0.717) is 14.9 Å². The summed E-state index contributed by atoms with van der Waals surface area (Å²) in [5.74, 6) is -1.54. The van der Waals surface area contributed by atoms with E-state index < -0.39 is 30.3 Å². The smallest absolute Gasteiger partial charge is 0.407 e. The minimum absolute atomic E-state index is 0.229. The van der Waals surface area contributed by atoms with Gasteiger partial charge in [-0.15, -0.1) is 5.10 Å². The Morgan fingerprint density at radius 2 is 1.91 bits per heavy atom. The number of amides is 1. The van der Waals surface area contributed by atoms with Gasteiger partial charge in [0.05, 0.1) is 28.0 Å². The topological polar surface area (TPSA) is 136 Å². The van der Waals surface area contributed by atoms with Crippen molar-refractivity contribution in [1.29, 1.82) is 0 Å². The molecule has 1 heterocycles. The molecule has 0 aliphatic heterocycles. The van der Waals surface area contributed by atoms with Gasteiger partial charge in [-0.05, 0) is 53.1 Å². The number of alkyl carbamates (subject to hydrolysis) is 1. The van der Waals surface area contributed by atoms with E-state index in [1.165, 1.54) is 11.1 Å². The Kier molecular flexibility index (Phi) is 9.33. The van der Waals surface area contributed by atoms with Gasteiger partial charge in [0.2, 0.25) is 5.16 Å². The highest BCUT2D eigenvalue weighted by Crippen LogP contribution is 2.37. The highest BCUT2D eigenvalue weighted by atomic mass is 35.5. The van der Waals surface area contributed by atoms with E-state index in [0.717, 1.165) is 37.4 Å². The predicted molar refractivity (Wildman–Crippen MR) is 121 cm³/mol. The van der Waals surface area contributed by atoms with Crippen molar-refractivity contribution in [2.24, 2.45) is 5.92 Å². The molecule has 1 saturated carbocycles. The molecule has 1 aliphatic rings. The summed E-state index contributed by atoms with van der Waals surface area (Å²) in [6.45, 7) is -0.121. The molecule has 1 unspecified atom stereocenters. The lowest BCUT2D eigenvalue weighted by molar-refractivity contribution is -0.139. The lowest BCUT2D eigenvalue weighted by Gasteiger charge is -2.22. The summed E-state index contributed by atoms with van der Waals surface area (Å²) in [6.07, 6.45) is 3.92. The molecule has 10 nitrogen and oxygen atoms in total. The standard InChI is InChI=1S/C20H23Cl2N5O5S/c21-13-7-4-8-14(22)18(13)33-19-24-25-26-27(19)10-16(28)15(9-17(29)30)23-20(31)32-11-12-5-2-1-3-6-12/h4,7-8,12,15H,1-3,5-6,9-11H2,(H,23,31)(H,29,30). The lowest BCUT2D eigenvalue weighted by atomic mass is 9.90. The van der Waals surface area contributed by atoms with Crippen LogP contribution in [0.4, 0.5) is 4.79 Å². The van der Waals surface area contributed by atoms with E-state index in [1.807, 2.05) is 0 Å². The summed E-state index contributed by atoms with van der Waals surface area (Å²) in [5, 5.41) is 23.8. The van der Waals surface area contributed by atoms with Crippen LogP contribution in [0.5, 0.6) is 0 Å². The monoisotopic (exact) mass is 515 g/mol. The number of carbonyl (C=O) groups is 3. The summed E-state index contributed by atoms with van der Waals surface area (Å²) >= 11 is 13.4. The van der Waals surface area contributed by atoms with E-state index in [4.69, 9.17) is 27.9 Å². The molecular weight excluding hydrogens is 493 g/mol. The molecule has 0 bridgehead atoms. The number of halogens is 2. The van der Waals surface area contributed by atoms with Crippen LogP contribution in [0.25, 0.3) is 0 Å². The highest BCUT2D eigenvalue weighted by Gasteiger charge is 2.27. The number of carboxylic acid groups (broad SMARTS) is 1. The second-order valence-electron chi connectivity index (χ2n) is 7.64. The minimum atomic E-state index is -1.30. The number of hydrogen-bond acceptors (Lipinski definition) is 8. The van der Waals surface area contributed by atoms with Crippen LogP contribution < -0.4 is 5.32 Å². The average molecular weight is 516 g/mol. The van der Waals surface area contributed by atoms with Crippen LogP contribution in [0, 0.1) is 5.92 Å². The predicted octanol–water partition coefficient (Wildman–Crippen LogP) is 3.85. The Balaban J connectivity index is 1.62. The Hall–Kier alpha value is -2.37. The number of Topliss-reactive ketones (excluding diaryl/α,β-unsaturated/α-hetero) is 1. The van der Waals surface area contributed by atoms with Crippen molar-refractivity contribution in [1.82, 2.24) is 25.5 Å². The maximum atomic E-state index is 12.8. The quantitative estimate of drug-likeness (QED) is 0.483. The molecule has 13 heteroatoms. The Morgan fingerprint density at radius 3 is 2.58 bits per heavy atom. The SMILES string of the molecule is O=C(O)CC(NC(=O)OCC1CCCCC1)C(=O)Cn1nnnc1Sc1c(Cl)cccc1Cl. The number of carbonyl (C=O) groups excluding carboxylic acids is 2. The maximum Gasteiger partial charge on any atom is 0.407 e. The van der Waals surface area contributed by atoms with Gasteiger partial charge < -0.3 is 15.2 Å². The normalized spacial score (nSPS) is 15.1. The fourth-order valence-corrected chi connectivity index (χ4v) is 4.88. The zero-order chi connectivity index (χ0) is 23.8. The van der Waals surface area contributed by atoms with Crippen LogP contribution in [0.1, 0.15) is 38.5 Å². The Morgan fingerprint density at radius 1 is 1.21 bits per heavy atom. The summed E-state index contributed by atoms with van der Waals surface area (Å²) in [6, 6.07) is 3.70.